The molecule has 0 aliphatic carbocycles. The lowest BCUT2D eigenvalue weighted by atomic mass is 10.0. The van der Waals surface area contributed by atoms with Gasteiger partial charge in [-0.25, -0.2) is 4.79 Å². The Balaban J connectivity index is 1.81. The molecule has 1 aromatic heterocycles. The molecule has 0 saturated heterocycles. The molecule has 0 fully saturated rings. The van der Waals surface area contributed by atoms with E-state index in [1.807, 2.05) is 26.0 Å². The minimum absolute atomic E-state index is 0.0294. The second-order valence-electron chi connectivity index (χ2n) is 6.66. The van der Waals surface area contributed by atoms with E-state index in [1.165, 1.54) is 12.2 Å². The first-order valence-corrected chi connectivity index (χ1v) is 9.51. The molecule has 152 valence electrons. The number of hydrogen-bond acceptors (Lipinski definition) is 6. The topological polar surface area (TPSA) is 99.9 Å². The van der Waals surface area contributed by atoms with Crippen LogP contribution in [0.1, 0.15) is 29.8 Å². The van der Waals surface area contributed by atoms with Gasteiger partial charge in [-0.3, -0.25) is 19.3 Å². The van der Waals surface area contributed by atoms with Crippen LogP contribution in [-0.2, 0) is 9.59 Å². The maximum Gasteiger partial charge on any atom is 0.349 e. The third kappa shape index (κ3) is 3.91. The van der Waals surface area contributed by atoms with Crippen molar-refractivity contribution in [1.82, 2.24) is 10.2 Å². The molecule has 0 saturated carbocycles. The van der Waals surface area contributed by atoms with E-state index in [1.54, 1.807) is 13.0 Å². The number of fused-ring (bicyclic) bond motifs is 1. The number of anilines is 1. The summed E-state index contributed by atoms with van der Waals surface area (Å²) in [7, 11) is 0. The molecule has 0 radical (unpaired) electrons. The van der Waals surface area contributed by atoms with Gasteiger partial charge in [0.25, 0.3) is 17.7 Å². The van der Waals surface area contributed by atoms with E-state index in [0.717, 1.165) is 23.7 Å². The average molecular weight is 397 g/mol. The normalized spacial score (nSPS) is 13.4. The molecule has 8 heteroatoms. The Labute approximate surface area is 167 Å². The van der Waals surface area contributed by atoms with Crippen molar-refractivity contribution in [2.45, 2.75) is 20.8 Å². The molecule has 8 nitrogen and oxygen atoms in total. The lowest BCUT2D eigenvalue weighted by molar-refractivity contribution is -0.136. The van der Waals surface area contributed by atoms with E-state index in [9.17, 15) is 19.2 Å². The maximum atomic E-state index is 12.6. The molecule has 0 spiro atoms. The second kappa shape index (κ2) is 8.30. The molecule has 3 rings (SSSR count). The Kier molecular flexibility index (Phi) is 5.81. The molecule has 3 amide bonds. The van der Waals surface area contributed by atoms with E-state index in [-0.39, 0.29) is 18.7 Å². The van der Waals surface area contributed by atoms with Gasteiger partial charge in [-0.1, -0.05) is 0 Å². The summed E-state index contributed by atoms with van der Waals surface area (Å²) in [5.41, 5.74) is 1.09. The highest BCUT2D eigenvalue weighted by Gasteiger charge is 2.24. The molecule has 0 bridgehead atoms. The van der Waals surface area contributed by atoms with Gasteiger partial charge in [0.2, 0.25) is 0 Å². The van der Waals surface area contributed by atoms with Gasteiger partial charge in [-0.05, 0) is 38.5 Å². The molecule has 2 aromatic rings. The van der Waals surface area contributed by atoms with E-state index < -0.39 is 23.3 Å². The zero-order valence-electron chi connectivity index (χ0n) is 16.7. The lowest BCUT2D eigenvalue weighted by Gasteiger charge is -2.21. The van der Waals surface area contributed by atoms with Crippen LogP contribution >= 0.6 is 0 Å². The number of carbonyl (C=O) groups excluding carboxylic acids is 3. The fraction of sp³-hybridized carbons (Fsp3) is 0.333. The summed E-state index contributed by atoms with van der Waals surface area (Å²) in [4.78, 5) is 51.3. The van der Waals surface area contributed by atoms with E-state index in [4.69, 9.17) is 4.42 Å². The van der Waals surface area contributed by atoms with Gasteiger partial charge >= 0.3 is 5.63 Å². The Bertz CT molecular complexity index is 1050. The molecule has 2 heterocycles. The van der Waals surface area contributed by atoms with Crippen molar-refractivity contribution in [3.63, 3.8) is 0 Å². The number of rotatable bonds is 7. The molecule has 1 aliphatic heterocycles. The molecule has 1 aromatic carbocycles. The monoisotopic (exact) mass is 397 g/mol. The van der Waals surface area contributed by atoms with Crippen molar-refractivity contribution in [3.8, 4) is 0 Å². The summed E-state index contributed by atoms with van der Waals surface area (Å²) >= 11 is 0. The first kappa shape index (κ1) is 20.3. The van der Waals surface area contributed by atoms with Gasteiger partial charge in [-0.2, -0.15) is 0 Å². The predicted octanol–water partition coefficient (Wildman–Crippen LogP) is 1.60. The zero-order valence-corrected chi connectivity index (χ0v) is 16.7. The third-order valence-corrected chi connectivity index (χ3v) is 5.03. The van der Waals surface area contributed by atoms with Crippen LogP contribution in [0.25, 0.3) is 11.0 Å². The highest BCUT2D eigenvalue weighted by molar-refractivity contribution is 6.12. The number of benzene rings is 1. The summed E-state index contributed by atoms with van der Waals surface area (Å²) in [5.74, 6) is -1.44. The Morgan fingerprint density at radius 3 is 2.38 bits per heavy atom. The predicted molar refractivity (Wildman–Crippen MR) is 109 cm³/mol. The highest BCUT2D eigenvalue weighted by atomic mass is 16.4. The first-order valence-electron chi connectivity index (χ1n) is 9.51. The molecule has 0 unspecified atom stereocenters. The zero-order chi connectivity index (χ0) is 21.1. The Hall–Kier alpha value is -3.42. The fourth-order valence-electron chi connectivity index (χ4n) is 3.41. The van der Waals surface area contributed by atoms with Crippen molar-refractivity contribution in [2.24, 2.45) is 0 Å². The van der Waals surface area contributed by atoms with Crippen LogP contribution in [0.4, 0.5) is 5.69 Å². The van der Waals surface area contributed by atoms with E-state index in [0.29, 0.717) is 16.5 Å². The number of amides is 3. The standard InChI is InChI=1S/C21H23N3O5/c1-4-23(5-2)14-6-7-15-13(3)19(21(28)29-16(15)12-14)20(27)22-10-11-24-17(25)8-9-18(24)26/h6-9,12H,4-5,10-11H2,1-3H3,(H,22,27). The van der Waals surface area contributed by atoms with Crippen LogP contribution < -0.4 is 15.8 Å². The minimum Gasteiger partial charge on any atom is -0.422 e. The highest BCUT2D eigenvalue weighted by Crippen LogP contribution is 2.25. The summed E-state index contributed by atoms with van der Waals surface area (Å²) in [5, 5.41) is 3.26. The third-order valence-electron chi connectivity index (χ3n) is 5.03. The Morgan fingerprint density at radius 1 is 1.10 bits per heavy atom. The molecule has 0 atom stereocenters. The number of imide groups is 1. The number of carbonyl (C=O) groups is 3. The van der Waals surface area contributed by atoms with Crippen molar-refractivity contribution in [3.05, 3.63) is 51.9 Å². The lowest BCUT2D eigenvalue weighted by Crippen LogP contribution is -2.39. The molecular formula is C21H23N3O5. The van der Waals surface area contributed by atoms with Crippen LogP contribution in [0.15, 0.2) is 39.6 Å². The van der Waals surface area contributed by atoms with Gasteiger partial charge in [-0.15, -0.1) is 0 Å². The van der Waals surface area contributed by atoms with E-state index in [2.05, 4.69) is 10.2 Å². The Morgan fingerprint density at radius 2 is 1.76 bits per heavy atom. The average Bonchev–Trinajstić information content (AvgIpc) is 3.01. The molecule has 1 N–H and O–H groups in total. The van der Waals surface area contributed by atoms with Crippen molar-refractivity contribution in [1.29, 1.82) is 0 Å². The summed E-state index contributed by atoms with van der Waals surface area (Å²) in [6, 6.07) is 5.57. The summed E-state index contributed by atoms with van der Waals surface area (Å²) < 4.78 is 5.42. The maximum absolute atomic E-state index is 12.6. The minimum atomic E-state index is -0.723. The van der Waals surface area contributed by atoms with Gasteiger partial charge in [0.15, 0.2) is 0 Å². The molecule has 29 heavy (non-hydrogen) atoms. The van der Waals surface area contributed by atoms with Gasteiger partial charge in [0.1, 0.15) is 11.1 Å². The molecule has 1 aliphatic rings. The van der Waals surface area contributed by atoms with Crippen LogP contribution in [0.2, 0.25) is 0 Å². The second-order valence-corrected chi connectivity index (χ2v) is 6.66. The summed E-state index contributed by atoms with van der Waals surface area (Å²) in [6.07, 6.45) is 2.36. The van der Waals surface area contributed by atoms with Gasteiger partial charge in [0, 0.05) is 55.5 Å². The van der Waals surface area contributed by atoms with Crippen molar-refractivity contribution in [2.75, 3.05) is 31.1 Å². The van der Waals surface area contributed by atoms with Gasteiger partial charge < -0.3 is 14.6 Å². The van der Waals surface area contributed by atoms with Crippen LogP contribution in [0.3, 0.4) is 0 Å². The number of nitrogens with one attached hydrogen (secondary N) is 1. The summed E-state index contributed by atoms with van der Waals surface area (Å²) in [6.45, 7) is 7.50. The van der Waals surface area contributed by atoms with Crippen LogP contribution in [-0.4, -0.2) is 48.8 Å². The van der Waals surface area contributed by atoms with Crippen molar-refractivity contribution >= 4 is 34.4 Å². The SMILES string of the molecule is CCN(CC)c1ccc2c(C)c(C(=O)NCCN3C(=O)C=CC3=O)c(=O)oc2c1. The molecular weight excluding hydrogens is 374 g/mol. The smallest absolute Gasteiger partial charge is 0.349 e. The van der Waals surface area contributed by atoms with Crippen LogP contribution in [0.5, 0.6) is 0 Å². The van der Waals surface area contributed by atoms with Crippen LogP contribution in [0, 0.1) is 6.92 Å². The van der Waals surface area contributed by atoms with E-state index >= 15 is 0 Å². The van der Waals surface area contributed by atoms with Gasteiger partial charge in [0.05, 0.1) is 0 Å². The number of hydrogen-bond donors (Lipinski definition) is 1. The largest absolute Gasteiger partial charge is 0.422 e. The first-order chi connectivity index (χ1) is 13.9. The number of nitrogens with zero attached hydrogens (tertiary/aromatic N) is 2. The number of aryl methyl sites for hydroxylation is 1. The fourth-order valence-corrected chi connectivity index (χ4v) is 3.41. The van der Waals surface area contributed by atoms with Crippen molar-refractivity contribution < 1.29 is 18.8 Å². The quantitative estimate of drug-likeness (QED) is 0.563.